The van der Waals surface area contributed by atoms with Crippen molar-refractivity contribution < 1.29 is 9.53 Å². The summed E-state index contributed by atoms with van der Waals surface area (Å²) in [6, 6.07) is 4.01. The average Bonchev–Trinajstić information content (AvgIpc) is 2.62. The fourth-order valence-electron chi connectivity index (χ4n) is 4.36. The molecule has 1 saturated heterocycles. The summed E-state index contributed by atoms with van der Waals surface area (Å²) in [5.74, 6) is 1.11. The quantitative estimate of drug-likeness (QED) is 0.636. The van der Waals surface area contributed by atoms with Crippen LogP contribution in [0.1, 0.15) is 57.1 Å². The van der Waals surface area contributed by atoms with Crippen LogP contribution < -0.4 is 10.1 Å². The van der Waals surface area contributed by atoms with Crippen LogP contribution in [0.15, 0.2) is 12.1 Å². The second-order valence-electron chi connectivity index (χ2n) is 7.47. The highest BCUT2D eigenvalue weighted by atomic mass is 31.2. The van der Waals surface area contributed by atoms with E-state index in [1.165, 1.54) is 37.7 Å². The Kier molecular flexibility index (Phi) is 7.31. The molecular weight excluding hydrogens is 329 g/mol. The molecule has 1 heterocycles. The van der Waals surface area contributed by atoms with E-state index >= 15 is 0 Å². The Morgan fingerprint density at radius 3 is 2.24 bits per heavy atom. The van der Waals surface area contributed by atoms with Crippen LogP contribution in [-0.4, -0.2) is 37.2 Å². The molecule has 0 spiro atoms. The molecule has 1 aliphatic rings. The molecule has 3 nitrogen and oxygen atoms in total. The first-order valence-electron chi connectivity index (χ1n) is 9.79. The average molecular weight is 364 g/mol. The zero-order valence-corrected chi connectivity index (χ0v) is 17.5. The van der Waals surface area contributed by atoms with Gasteiger partial charge >= 0.3 is 0 Å². The fourth-order valence-corrected chi connectivity index (χ4v) is 9.36. The van der Waals surface area contributed by atoms with E-state index < -0.39 is 7.26 Å². The Bertz CT molecular complexity index is 571. The molecule has 4 heteroatoms. The highest BCUT2D eigenvalue weighted by Gasteiger charge is 2.48. The van der Waals surface area contributed by atoms with Gasteiger partial charge in [-0.05, 0) is 69.7 Å². The number of hydrogen-bond donors (Lipinski definition) is 1. The van der Waals surface area contributed by atoms with Gasteiger partial charge in [0.25, 0.3) is 5.91 Å². The number of nitrogens with one attached hydrogen (secondary N) is 1. The second kappa shape index (κ2) is 9.03. The number of benzene rings is 1. The summed E-state index contributed by atoms with van der Waals surface area (Å²) in [6.07, 6.45) is 9.92. The van der Waals surface area contributed by atoms with Crippen molar-refractivity contribution in [2.24, 2.45) is 0 Å². The predicted molar refractivity (Wildman–Crippen MR) is 111 cm³/mol. The summed E-state index contributed by atoms with van der Waals surface area (Å²) >= 11 is 0. The number of hydrogen-bond acceptors (Lipinski definition) is 2. The highest BCUT2D eigenvalue weighted by molar-refractivity contribution is 7.77. The minimum atomic E-state index is -1.17. The van der Waals surface area contributed by atoms with Gasteiger partial charge in [-0.25, -0.2) is 0 Å². The standard InChI is InChI=1S/C21H34NO2P/c1-6-11-19(25(7-2)12-9-8-10-13-25)21(23)22-20-16(3)14-18(24-5)15-17(20)4/h14-15,19H,6-13H2,1-5H3/p+1. The minimum Gasteiger partial charge on any atom is -0.497 e. The Morgan fingerprint density at radius 2 is 1.76 bits per heavy atom. The van der Waals surface area contributed by atoms with Gasteiger partial charge in [-0.15, -0.1) is 0 Å². The summed E-state index contributed by atoms with van der Waals surface area (Å²) in [6.45, 7) is 8.62. The third kappa shape index (κ3) is 4.56. The number of carbonyl (C=O) groups is 1. The first kappa shape index (κ1) is 20.2. The molecule has 1 aliphatic heterocycles. The van der Waals surface area contributed by atoms with Gasteiger partial charge in [0.15, 0.2) is 0 Å². The molecular formula is C21H35NO2P+. The van der Waals surface area contributed by atoms with E-state index in [1.54, 1.807) is 7.11 Å². The number of ether oxygens (including phenoxy) is 1. The third-order valence-corrected chi connectivity index (χ3v) is 11.3. The Morgan fingerprint density at radius 1 is 1.16 bits per heavy atom. The molecule has 140 valence electrons. The lowest BCUT2D eigenvalue weighted by atomic mass is 10.1. The molecule has 0 bridgehead atoms. The Labute approximate surface area is 154 Å². The predicted octanol–water partition coefficient (Wildman–Crippen LogP) is 5.64. The Balaban J connectivity index is 2.26. The van der Waals surface area contributed by atoms with Crippen LogP contribution in [0.4, 0.5) is 5.69 Å². The number of aryl methyl sites for hydroxylation is 2. The molecule has 2 rings (SSSR count). The smallest absolute Gasteiger partial charge is 0.265 e. The first-order valence-corrected chi connectivity index (χ1v) is 12.2. The molecule has 1 unspecified atom stereocenters. The second-order valence-corrected chi connectivity index (χ2v) is 12.1. The molecule has 1 fully saturated rings. The highest BCUT2D eigenvalue weighted by Crippen LogP contribution is 2.66. The van der Waals surface area contributed by atoms with Crippen LogP contribution in [0.3, 0.4) is 0 Å². The van der Waals surface area contributed by atoms with Crippen molar-refractivity contribution in [3.8, 4) is 5.75 Å². The number of methoxy groups -OCH3 is 1. The molecule has 25 heavy (non-hydrogen) atoms. The summed E-state index contributed by atoms with van der Waals surface area (Å²) in [5, 5.41) is 3.30. The van der Waals surface area contributed by atoms with Crippen molar-refractivity contribution in [3.63, 3.8) is 0 Å². The first-order chi connectivity index (χ1) is 12.0. The molecule has 0 aromatic heterocycles. The SMILES string of the molecule is CCCC(C(=O)Nc1c(C)cc(OC)cc1C)[P+]1(CC)CCCCC1. The van der Waals surface area contributed by atoms with Crippen LogP contribution in [0.2, 0.25) is 0 Å². The maximum Gasteiger partial charge on any atom is 0.265 e. The Hall–Kier alpha value is -1.08. The van der Waals surface area contributed by atoms with Crippen LogP contribution >= 0.6 is 7.26 Å². The largest absolute Gasteiger partial charge is 0.497 e. The summed E-state index contributed by atoms with van der Waals surface area (Å²) in [7, 11) is 0.510. The summed E-state index contributed by atoms with van der Waals surface area (Å²) in [4.78, 5) is 13.3. The van der Waals surface area contributed by atoms with E-state index in [2.05, 4.69) is 19.2 Å². The minimum absolute atomic E-state index is 0.226. The van der Waals surface area contributed by atoms with Gasteiger partial charge in [0.05, 0.1) is 25.6 Å². The topological polar surface area (TPSA) is 38.3 Å². The monoisotopic (exact) mass is 364 g/mol. The van der Waals surface area contributed by atoms with Crippen molar-refractivity contribution in [2.75, 3.05) is 30.9 Å². The third-order valence-electron chi connectivity index (χ3n) is 5.85. The van der Waals surface area contributed by atoms with Gasteiger partial charge in [0.1, 0.15) is 11.4 Å². The van der Waals surface area contributed by atoms with Crippen molar-refractivity contribution in [2.45, 2.75) is 65.5 Å². The van der Waals surface area contributed by atoms with Crippen molar-refractivity contribution in [1.82, 2.24) is 0 Å². The zero-order valence-electron chi connectivity index (χ0n) is 16.7. The van der Waals surface area contributed by atoms with Crippen LogP contribution in [-0.2, 0) is 4.79 Å². The van der Waals surface area contributed by atoms with E-state index in [9.17, 15) is 4.79 Å². The van der Waals surface area contributed by atoms with Crippen LogP contribution in [0.5, 0.6) is 5.75 Å². The van der Waals surface area contributed by atoms with Crippen LogP contribution in [0, 0.1) is 13.8 Å². The summed E-state index contributed by atoms with van der Waals surface area (Å²) in [5.41, 5.74) is 3.35. The van der Waals surface area contributed by atoms with E-state index in [0.29, 0.717) is 0 Å². The lowest BCUT2D eigenvalue weighted by molar-refractivity contribution is -0.116. The number of rotatable bonds is 7. The molecule has 0 saturated carbocycles. The zero-order chi connectivity index (χ0) is 18.4. The lowest BCUT2D eigenvalue weighted by Crippen LogP contribution is -2.35. The van der Waals surface area contributed by atoms with Gasteiger partial charge < -0.3 is 10.1 Å². The van der Waals surface area contributed by atoms with Gasteiger partial charge in [-0.3, -0.25) is 4.79 Å². The summed E-state index contributed by atoms with van der Waals surface area (Å²) < 4.78 is 5.34. The molecule has 1 amide bonds. The molecule has 1 N–H and O–H groups in total. The van der Waals surface area contributed by atoms with Crippen molar-refractivity contribution in [1.29, 1.82) is 0 Å². The number of carbonyl (C=O) groups excluding carboxylic acids is 1. The van der Waals surface area contributed by atoms with E-state index in [-0.39, 0.29) is 11.6 Å². The maximum absolute atomic E-state index is 13.3. The number of anilines is 1. The van der Waals surface area contributed by atoms with E-state index in [4.69, 9.17) is 4.74 Å². The normalized spacial score (nSPS) is 17.8. The molecule has 1 aromatic carbocycles. The molecule has 1 atom stereocenters. The van der Waals surface area contributed by atoms with Gasteiger partial charge in [0.2, 0.25) is 0 Å². The van der Waals surface area contributed by atoms with Crippen molar-refractivity contribution >= 4 is 18.9 Å². The molecule has 0 aliphatic carbocycles. The van der Waals surface area contributed by atoms with Crippen LogP contribution in [0.25, 0.3) is 0 Å². The lowest BCUT2D eigenvalue weighted by Gasteiger charge is -2.36. The van der Waals surface area contributed by atoms with E-state index in [1.807, 2.05) is 26.0 Å². The maximum atomic E-state index is 13.3. The van der Waals surface area contributed by atoms with Crippen molar-refractivity contribution in [3.05, 3.63) is 23.3 Å². The van der Waals surface area contributed by atoms with Gasteiger partial charge in [-0.2, -0.15) is 0 Å². The number of amides is 1. The molecule has 0 radical (unpaired) electrons. The molecule has 1 aromatic rings. The van der Waals surface area contributed by atoms with Gasteiger partial charge in [-0.1, -0.05) is 13.3 Å². The van der Waals surface area contributed by atoms with E-state index in [0.717, 1.165) is 35.4 Å². The van der Waals surface area contributed by atoms with Gasteiger partial charge in [0, 0.05) is 12.9 Å². The fraction of sp³-hybridized carbons (Fsp3) is 0.667.